The lowest BCUT2D eigenvalue weighted by Crippen LogP contribution is -2.63. The Morgan fingerprint density at radius 3 is 2.52 bits per heavy atom. The summed E-state index contributed by atoms with van der Waals surface area (Å²) < 4.78 is 5.54. The maximum atomic E-state index is 12.6. The summed E-state index contributed by atoms with van der Waals surface area (Å²) in [7, 11) is 1.75. The van der Waals surface area contributed by atoms with Crippen LogP contribution in [0.5, 0.6) is 0 Å². The highest BCUT2D eigenvalue weighted by molar-refractivity contribution is 5.84. The van der Waals surface area contributed by atoms with E-state index < -0.39 is 0 Å². The zero-order valence-corrected chi connectivity index (χ0v) is 13.2. The molecule has 1 aromatic rings. The van der Waals surface area contributed by atoms with Gasteiger partial charge in [-0.3, -0.25) is 10.1 Å². The fraction of sp³-hybridized carbons (Fsp3) is 0.588. The number of hydrogen-bond donors (Lipinski definition) is 1. The van der Waals surface area contributed by atoms with Gasteiger partial charge >= 0.3 is 0 Å². The second-order valence-corrected chi connectivity index (χ2v) is 6.74. The number of nitrogens with zero attached hydrogens (tertiary/aromatic N) is 1. The fourth-order valence-electron chi connectivity index (χ4n) is 3.70. The Hall–Kier alpha value is -1.39. The molecule has 4 unspecified atom stereocenters. The molecular formula is C17H24N2O2. The molecule has 114 valence electrons. The molecule has 1 aliphatic heterocycles. The summed E-state index contributed by atoms with van der Waals surface area (Å²) in [6.07, 6.45) is 1.10. The van der Waals surface area contributed by atoms with E-state index in [4.69, 9.17) is 4.74 Å². The third kappa shape index (κ3) is 2.17. The first kappa shape index (κ1) is 14.5. The Morgan fingerprint density at radius 1 is 1.29 bits per heavy atom. The zero-order valence-electron chi connectivity index (χ0n) is 13.2. The smallest absolute Gasteiger partial charge is 0.241 e. The Labute approximate surface area is 126 Å². The lowest BCUT2D eigenvalue weighted by molar-refractivity contribution is -0.162. The predicted molar refractivity (Wildman–Crippen MR) is 81.6 cm³/mol. The van der Waals surface area contributed by atoms with E-state index in [1.807, 2.05) is 30.0 Å². The van der Waals surface area contributed by atoms with Crippen molar-refractivity contribution >= 4 is 5.91 Å². The van der Waals surface area contributed by atoms with Crippen molar-refractivity contribution in [1.29, 1.82) is 0 Å². The van der Waals surface area contributed by atoms with Crippen LogP contribution in [0.15, 0.2) is 30.3 Å². The summed E-state index contributed by atoms with van der Waals surface area (Å²) in [5.41, 5.74) is 1.13. The number of carbonyl (C=O) groups is 1. The molecule has 0 aromatic heterocycles. The summed E-state index contributed by atoms with van der Waals surface area (Å²) in [6, 6.07) is 10.3. The van der Waals surface area contributed by atoms with Crippen LogP contribution in [0, 0.1) is 5.41 Å². The van der Waals surface area contributed by atoms with E-state index >= 15 is 0 Å². The van der Waals surface area contributed by atoms with Crippen LogP contribution in [0.25, 0.3) is 0 Å². The van der Waals surface area contributed by atoms with Crippen LogP contribution in [0.3, 0.4) is 0 Å². The van der Waals surface area contributed by atoms with Gasteiger partial charge in [-0.15, -0.1) is 0 Å². The molecule has 0 spiro atoms. The maximum absolute atomic E-state index is 12.6. The van der Waals surface area contributed by atoms with Crippen LogP contribution in [-0.4, -0.2) is 36.1 Å². The van der Waals surface area contributed by atoms with Crippen molar-refractivity contribution in [2.24, 2.45) is 5.41 Å². The molecule has 1 saturated heterocycles. The number of rotatable bonds is 3. The number of carbonyl (C=O) groups excluding carboxylic acids is 1. The Bertz CT molecular complexity index is 529. The van der Waals surface area contributed by atoms with Gasteiger partial charge in [0.15, 0.2) is 0 Å². The van der Waals surface area contributed by atoms with Crippen LogP contribution < -0.4 is 5.32 Å². The average Bonchev–Trinajstić information content (AvgIpc) is 2.76. The quantitative estimate of drug-likeness (QED) is 0.928. The van der Waals surface area contributed by atoms with Gasteiger partial charge in [-0.05, 0) is 18.9 Å². The average molecular weight is 288 g/mol. The molecule has 1 saturated carbocycles. The molecule has 1 aromatic carbocycles. The molecular weight excluding hydrogens is 264 g/mol. The fourth-order valence-corrected chi connectivity index (χ4v) is 3.70. The third-order valence-corrected chi connectivity index (χ3v) is 5.17. The van der Waals surface area contributed by atoms with Crippen LogP contribution >= 0.6 is 0 Å². The maximum Gasteiger partial charge on any atom is 0.241 e. The van der Waals surface area contributed by atoms with Gasteiger partial charge in [0.05, 0.1) is 12.1 Å². The minimum atomic E-state index is -0.132. The van der Waals surface area contributed by atoms with Gasteiger partial charge in [-0.1, -0.05) is 44.2 Å². The van der Waals surface area contributed by atoms with Crippen molar-refractivity contribution < 1.29 is 9.53 Å². The van der Waals surface area contributed by atoms with Crippen LogP contribution in [0.4, 0.5) is 0 Å². The molecule has 4 atom stereocenters. The highest BCUT2D eigenvalue weighted by Gasteiger charge is 2.56. The molecule has 1 amide bonds. The minimum absolute atomic E-state index is 0.0107. The van der Waals surface area contributed by atoms with E-state index in [9.17, 15) is 4.79 Å². The predicted octanol–water partition coefficient (Wildman–Crippen LogP) is 2.32. The molecule has 1 N–H and O–H groups in total. The first-order valence-corrected chi connectivity index (χ1v) is 7.62. The highest BCUT2D eigenvalue weighted by atomic mass is 16.5. The van der Waals surface area contributed by atoms with Gasteiger partial charge in [-0.25, -0.2) is 0 Å². The standard InChI is InChI=1S/C17H24N2O2/c1-11-16(20)19(13-10-14(21-4)17(13,2)3)15(18-11)12-8-6-5-7-9-12/h5-9,11,13-15,18H,10H2,1-4H3. The van der Waals surface area contributed by atoms with E-state index in [0.29, 0.717) is 0 Å². The second-order valence-electron chi connectivity index (χ2n) is 6.74. The van der Waals surface area contributed by atoms with Gasteiger partial charge in [0.1, 0.15) is 6.17 Å². The van der Waals surface area contributed by atoms with Crippen molar-refractivity contribution in [2.75, 3.05) is 7.11 Å². The van der Waals surface area contributed by atoms with Gasteiger partial charge in [0.2, 0.25) is 5.91 Å². The van der Waals surface area contributed by atoms with E-state index in [1.54, 1.807) is 7.11 Å². The summed E-state index contributed by atoms with van der Waals surface area (Å²) in [4.78, 5) is 14.7. The molecule has 1 aliphatic carbocycles. The first-order valence-electron chi connectivity index (χ1n) is 7.62. The molecule has 4 heteroatoms. The summed E-state index contributed by atoms with van der Waals surface area (Å²) in [5.74, 6) is 0.191. The monoisotopic (exact) mass is 288 g/mol. The van der Waals surface area contributed by atoms with Gasteiger partial charge in [0.25, 0.3) is 0 Å². The van der Waals surface area contributed by atoms with E-state index in [1.165, 1.54) is 0 Å². The van der Waals surface area contributed by atoms with Crippen molar-refractivity contribution in [3.05, 3.63) is 35.9 Å². The third-order valence-electron chi connectivity index (χ3n) is 5.17. The topological polar surface area (TPSA) is 41.6 Å². The minimum Gasteiger partial charge on any atom is -0.381 e. The first-order chi connectivity index (χ1) is 9.96. The van der Waals surface area contributed by atoms with Crippen LogP contribution in [0.1, 0.15) is 38.9 Å². The number of hydrogen-bond acceptors (Lipinski definition) is 3. The summed E-state index contributed by atoms with van der Waals surface area (Å²) in [6.45, 7) is 6.32. The molecule has 0 bridgehead atoms. The van der Waals surface area contributed by atoms with Gasteiger partial charge in [0, 0.05) is 18.6 Å². The molecule has 4 nitrogen and oxygen atoms in total. The van der Waals surface area contributed by atoms with Crippen LogP contribution in [-0.2, 0) is 9.53 Å². The van der Waals surface area contributed by atoms with Crippen molar-refractivity contribution in [1.82, 2.24) is 10.2 Å². The lowest BCUT2D eigenvalue weighted by Gasteiger charge is -2.55. The van der Waals surface area contributed by atoms with Gasteiger partial charge < -0.3 is 9.64 Å². The van der Waals surface area contributed by atoms with Crippen molar-refractivity contribution in [3.63, 3.8) is 0 Å². The van der Waals surface area contributed by atoms with Crippen molar-refractivity contribution in [3.8, 4) is 0 Å². The molecule has 1 heterocycles. The van der Waals surface area contributed by atoms with E-state index in [2.05, 4.69) is 31.3 Å². The second kappa shape index (κ2) is 5.11. The largest absolute Gasteiger partial charge is 0.381 e. The number of benzene rings is 1. The molecule has 2 fully saturated rings. The number of methoxy groups -OCH3 is 1. The highest BCUT2D eigenvalue weighted by Crippen LogP contribution is 2.48. The zero-order chi connectivity index (χ0) is 15.2. The van der Waals surface area contributed by atoms with E-state index in [-0.39, 0.29) is 35.7 Å². The normalized spacial score (nSPS) is 34.9. The Kier molecular flexibility index (Phi) is 3.54. The molecule has 21 heavy (non-hydrogen) atoms. The van der Waals surface area contributed by atoms with Gasteiger partial charge in [-0.2, -0.15) is 0 Å². The molecule has 3 rings (SSSR count). The molecule has 2 aliphatic rings. The van der Waals surface area contributed by atoms with Crippen molar-refractivity contribution in [2.45, 2.75) is 51.5 Å². The number of amides is 1. The number of ether oxygens (including phenoxy) is 1. The summed E-state index contributed by atoms with van der Waals surface area (Å²) in [5, 5.41) is 3.43. The Balaban J connectivity index is 1.90. The van der Waals surface area contributed by atoms with E-state index in [0.717, 1.165) is 12.0 Å². The number of nitrogens with one attached hydrogen (secondary N) is 1. The summed E-state index contributed by atoms with van der Waals surface area (Å²) >= 11 is 0. The molecule has 0 radical (unpaired) electrons. The van der Waals surface area contributed by atoms with Crippen LogP contribution in [0.2, 0.25) is 0 Å². The lowest BCUT2D eigenvalue weighted by atomic mass is 9.63. The SMILES string of the molecule is COC1CC(N2C(=O)C(C)NC2c2ccccc2)C1(C)C. The Morgan fingerprint density at radius 2 is 1.95 bits per heavy atom.